The molecule has 2 aliphatic heterocycles. The highest BCUT2D eigenvalue weighted by Gasteiger charge is 2.40. The van der Waals surface area contributed by atoms with Gasteiger partial charge in [-0.05, 0) is 7.05 Å². The van der Waals surface area contributed by atoms with Gasteiger partial charge < -0.3 is 24.9 Å². The Bertz CT molecular complexity index is 341. The summed E-state index contributed by atoms with van der Waals surface area (Å²) in [6, 6.07) is -1.17. The largest absolute Gasteiger partial charge is 0.480 e. The topological polar surface area (TPSA) is 84.3 Å². The van der Waals surface area contributed by atoms with Crippen molar-refractivity contribution in [3.05, 3.63) is 0 Å². The number of likely N-dealkylation sites (N-methyl/N-ethyl adjacent to an activating group) is 1. The number of carboxylic acid groups (broad SMARTS) is 1. The second kappa shape index (κ2) is 5.11. The molecule has 2 atom stereocenters. The van der Waals surface area contributed by atoms with Crippen LogP contribution in [0.25, 0.3) is 0 Å². The highest BCUT2D eigenvalue weighted by atomic mass is 16.4. The fourth-order valence-electron chi connectivity index (χ4n) is 2.44. The number of carbonyl (C=O) groups excluding carboxylic acids is 1. The molecule has 0 spiro atoms. The molecule has 2 aliphatic rings. The van der Waals surface area contributed by atoms with Gasteiger partial charge in [0, 0.05) is 39.1 Å². The zero-order chi connectivity index (χ0) is 13.3. The smallest absolute Gasteiger partial charge is 0.326 e. The van der Waals surface area contributed by atoms with Gasteiger partial charge in [0.15, 0.2) is 0 Å². The molecule has 2 N–H and O–H groups in total. The lowest BCUT2D eigenvalue weighted by atomic mass is 10.2. The number of carbonyl (C=O) groups is 2. The summed E-state index contributed by atoms with van der Waals surface area (Å²) in [7, 11) is 1.99. The molecule has 18 heavy (non-hydrogen) atoms. The first kappa shape index (κ1) is 13.1. The van der Waals surface area contributed by atoms with Gasteiger partial charge in [0.25, 0.3) is 0 Å². The summed E-state index contributed by atoms with van der Waals surface area (Å²) < 4.78 is 0. The second-order valence-corrected chi connectivity index (χ2v) is 4.97. The molecule has 2 saturated heterocycles. The third-order valence-electron chi connectivity index (χ3n) is 3.58. The Balaban J connectivity index is 2.01. The van der Waals surface area contributed by atoms with Crippen molar-refractivity contribution in [2.24, 2.45) is 0 Å². The van der Waals surface area contributed by atoms with E-state index in [1.807, 2.05) is 7.05 Å². The van der Waals surface area contributed by atoms with E-state index < -0.39 is 18.1 Å². The highest BCUT2D eigenvalue weighted by molar-refractivity contribution is 5.83. The van der Waals surface area contributed by atoms with Crippen LogP contribution in [-0.4, -0.2) is 88.8 Å². The maximum absolute atomic E-state index is 12.2. The molecule has 2 heterocycles. The van der Waals surface area contributed by atoms with Crippen LogP contribution in [0.15, 0.2) is 0 Å². The van der Waals surface area contributed by atoms with E-state index in [1.165, 1.54) is 4.90 Å². The Kier molecular flexibility index (Phi) is 3.72. The number of hydrogen-bond acceptors (Lipinski definition) is 4. The number of rotatable bonds is 1. The molecule has 0 bridgehead atoms. The quantitative estimate of drug-likeness (QED) is 0.621. The van der Waals surface area contributed by atoms with Gasteiger partial charge in [0.1, 0.15) is 6.04 Å². The normalized spacial score (nSPS) is 29.7. The lowest BCUT2D eigenvalue weighted by Gasteiger charge is -2.35. The van der Waals surface area contributed by atoms with Gasteiger partial charge >= 0.3 is 12.0 Å². The van der Waals surface area contributed by atoms with Crippen molar-refractivity contribution in [2.75, 3.05) is 39.8 Å². The Hall–Kier alpha value is -1.34. The van der Waals surface area contributed by atoms with E-state index in [0.717, 1.165) is 13.1 Å². The van der Waals surface area contributed by atoms with Crippen molar-refractivity contribution >= 4 is 12.0 Å². The Morgan fingerprint density at radius 2 is 1.78 bits per heavy atom. The van der Waals surface area contributed by atoms with E-state index in [-0.39, 0.29) is 19.0 Å². The summed E-state index contributed by atoms with van der Waals surface area (Å²) in [6.45, 7) is 2.91. The number of carboxylic acids is 1. The number of amides is 2. The van der Waals surface area contributed by atoms with E-state index in [4.69, 9.17) is 5.11 Å². The Labute approximate surface area is 106 Å². The molecule has 102 valence electrons. The molecule has 0 aromatic carbocycles. The minimum Gasteiger partial charge on any atom is -0.480 e. The molecule has 0 aromatic rings. The lowest BCUT2D eigenvalue weighted by molar-refractivity contribution is -0.141. The molecular weight excluding hydrogens is 238 g/mol. The van der Waals surface area contributed by atoms with Crippen LogP contribution >= 0.6 is 0 Å². The van der Waals surface area contributed by atoms with Gasteiger partial charge in [-0.25, -0.2) is 9.59 Å². The summed E-state index contributed by atoms with van der Waals surface area (Å²) >= 11 is 0. The Morgan fingerprint density at radius 1 is 1.17 bits per heavy atom. The van der Waals surface area contributed by atoms with Crippen molar-refractivity contribution in [1.82, 2.24) is 14.7 Å². The van der Waals surface area contributed by atoms with Gasteiger partial charge in [-0.15, -0.1) is 0 Å². The van der Waals surface area contributed by atoms with Crippen LogP contribution in [0.2, 0.25) is 0 Å². The molecule has 7 nitrogen and oxygen atoms in total. The second-order valence-electron chi connectivity index (χ2n) is 4.97. The summed E-state index contributed by atoms with van der Waals surface area (Å²) in [5, 5.41) is 18.6. The summed E-state index contributed by atoms with van der Waals surface area (Å²) in [5.74, 6) is -1.05. The predicted octanol–water partition coefficient (Wildman–Crippen LogP) is -1.13. The van der Waals surface area contributed by atoms with Crippen LogP contribution in [0.5, 0.6) is 0 Å². The summed E-state index contributed by atoms with van der Waals surface area (Å²) in [5.41, 5.74) is 0. The van der Waals surface area contributed by atoms with Crippen molar-refractivity contribution in [1.29, 1.82) is 0 Å². The van der Waals surface area contributed by atoms with Crippen LogP contribution in [0, 0.1) is 0 Å². The molecule has 0 unspecified atom stereocenters. The number of nitrogens with zero attached hydrogens (tertiary/aromatic N) is 3. The van der Waals surface area contributed by atoms with E-state index in [0.29, 0.717) is 13.1 Å². The van der Waals surface area contributed by atoms with Crippen molar-refractivity contribution in [3.8, 4) is 0 Å². The number of aliphatic hydroxyl groups is 1. The Morgan fingerprint density at radius 3 is 2.33 bits per heavy atom. The third-order valence-corrected chi connectivity index (χ3v) is 3.58. The predicted molar refractivity (Wildman–Crippen MR) is 63.2 cm³/mol. The van der Waals surface area contributed by atoms with Crippen molar-refractivity contribution in [2.45, 2.75) is 18.6 Å². The van der Waals surface area contributed by atoms with Gasteiger partial charge in [0.05, 0.1) is 6.10 Å². The molecular formula is C11H19N3O4. The van der Waals surface area contributed by atoms with Crippen LogP contribution in [0.1, 0.15) is 6.42 Å². The fraction of sp³-hybridized carbons (Fsp3) is 0.818. The first-order valence-corrected chi connectivity index (χ1v) is 6.14. The van der Waals surface area contributed by atoms with E-state index in [1.54, 1.807) is 4.90 Å². The van der Waals surface area contributed by atoms with E-state index >= 15 is 0 Å². The molecule has 2 amide bonds. The number of aliphatic hydroxyl groups excluding tert-OH is 1. The van der Waals surface area contributed by atoms with Gasteiger partial charge in [-0.1, -0.05) is 0 Å². The molecule has 2 rings (SSSR count). The number of aliphatic carboxylic acids is 1. The van der Waals surface area contributed by atoms with Crippen molar-refractivity contribution in [3.63, 3.8) is 0 Å². The molecule has 7 heteroatoms. The molecule has 0 aliphatic carbocycles. The average molecular weight is 257 g/mol. The zero-order valence-corrected chi connectivity index (χ0v) is 10.4. The molecule has 0 aromatic heterocycles. The van der Waals surface area contributed by atoms with Crippen LogP contribution in [-0.2, 0) is 4.79 Å². The number of urea groups is 1. The van der Waals surface area contributed by atoms with Gasteiger partial charge in [-0.3, -0.25) is 0 Å². The number of piperazine rings is 1. The SMILES string of the molecule is CN1CCN(C(=O)N2C[C@H](O)C[C@H]2C(=O)O)CC1. The standard InChI is InChI=1S/C11H19N3O4/c1-12-2-4-13(5-3-12)11(18)14-7-8(15)6-9(14)10(16)17/h8-9,15H,2-7H2,1H3,(H,16,17)/t8-,9+/m1/s1. The molecule has 0 saturated carbocycles. The number of hydrogen-bond donors (Lipinski definition) is 2. The van der Waals surface area contributed by atoms with E-state index in [9.17, 15) is 14.7 Å². The van der Waals surface area contributed by atoms with Crippen LogP contribution < -0.4 is 0 Å². The maximum atomic E-state index is 12.2. The fourth-order valence-corrected chi connectivity index (χ4v) is 2.44. The molecule has 0 radical (unpaired) electrons. The zero-order valence-electron chi connectivity index (χ0n) is 10.4. The third kappa shape index (κ3) is 2.56. The first-order chi connectivity index (χ1) is 8.49. The average Bonchev–Trinajstić information content (AvgIpc) is 2.71. The maximum Gasteiger partial charge on any atom is 0.326 e. The number of β-amino-alcohol motifs (C(OH)–C–C–N with tert-alkyl or cyclic N) is 1. The van der Waals surface area contributed by atoms with Crippen LogP contribution in [0.4, 0.5) is 4.79 Å². The molecule has 2 fully saturated rings. The van der Waals surface area contributed by atoms with Gasteiger partial charge in [0.2, 0.25) is 0 Å². The highest BCUT2D eigenvalue weighted by Crippen LogP contribution is 2.20. The minimum absolute atomic E-state index is 0.113. The summed E-state index contributed by atoms with van der Waals surface area (Å²) in [6.07, 6.45) is -0.614. The lowest BCUT2D eigenvalue weighted by Crippen LogP contribution is -2.54. The summed E-state index contributed by atoms with van der Waals surface area (Å²) in [4.78, 5) is 28.4. The van der Waals surface area contributed by atoms with Crippen molar-refractivity contribution < 1.29 is 19.8 Å². The minimum atomic E-state index is -1.05. The van der Waals surface area contributed by atoms with Gasteiger partial charge in [-0.2, -0.15) is 0 Å². The van der Waals surface area contributed by atoms with Crippen LogP contribution in [0.3, 0.4) is 0 Å². The van der Waals surface area contributed by atoms with E-state index in [2.05, 4.69) is 4.90 Å². The number of likely N-dealkylation sites (tertiary alicyclic amines) is 1. The first-order valence-electron chi connectivity index (χ1n) is 6.14. The monoisotopic (exact) mass is 257 g/mol.